The largest absolute Gasteiger partial charge is 0.276 e. The maximum absolute atomic E-state index is 13.0. The Kier molecular flexibility index (Phi) is 3.02. The molecule has 0 radical (unpaired) electrons. The molecule has 0 N–H and O–H groups in total. The van der Waals surface area contributed by atoms with Crippen LogP contribution >= 0.6 is 11.6 Å². The van der Waals surface area contributed by atoms with Crippen LogP contribution in [0.25, 0.3) is 11.1 Å². The number of rotatable bonds is 2. The van der Waals surface area contributed by atoms with Gasteiger partial charge in [0, 0.05) is 5.56 Å². The molecule has 0 aliphatic rings. The van der Waals surface area contributed by atoms with Crippen LogP contribution in [0.2, 0.25) is 0 Å². The highest BCUT2D eigenvalue weighted by Gasteiger charge is 2.11. The SMILES string of the molecule is O=C(Cl)c1cc(F)ccc1-c1ccccc1. The molecule has 0 unspecified atom stereocenters. The molecule has 16 heavy (non-hydrogen) atoms. The fourth-order valence-corrected chi connectivity index (χ4v) is 1.70. The van der Waals surface area contributed by atoms with Crippen molar-refractivity contribution in [3.63, 3.8) is 0 Å². The second kappa shape index (κ2) is 4.45. The minimum Gasteiger partial charge on any atom is -0.276 e. The fourth-order valence-electron chi connectivity index (χ4n) is 1.55. The van der Waals surface area contributed by atoms with Gasteiger partial charge in [-0.05, 0) is 34.9 Å². The molecule has 0 saturated heterocycles. The van der Waals surface area contributed by atoms with Crippen LogP contribution in [0, 0.1) is 5.82 Å². The van der Waals surface area contributed by atoms with Crippen LogP contribution in [0.1, 0.15) is 10.4 Å². The molecular formula is C13H8ClFO. The Morgan fingerprint density at radius 1 is 1.06 bits per heavy atom. The Hall–Kier alpha value is -1.67. The molecule has 0 atom stereocenters. The Balaban J connectivity index is 2.61. The van der Waals surface area contributed by atoms with Gasteiger partial charge in [-0.25, -0.2) is 4.39 Å². The zero-order chi connectivity index (χ0) is 11.5. The molecule has 0 saturated carbocycles. The highest BCUT2D eigenvalue weighted by Crippen LogP contribution is 2.25. The van der Waals surface area contributed by atoms with Crippen LogP contribution in [0.5, 0.6) is 0 Å². The predicted octanol–water partition coefficient (Wildman–Crippen LogP) is 3.87. The Labute approximate surface area is 97.5 Å². The van der Waals surface area contributed by atoms with Crippen LogP contribution in [-0.4, -0.2) is 5.24 Å². The van der Waals surface area contributed by atoms with Gasteiger partial charge < -0.3 is 0 Å². The number of halogens is 2. The first-order valence-corrected chi connectivity index (χ1v) is 5.11. The van der Waals surface area contributed by atoms with E-state index >= 15 is 0 Å². The zero-order valence-corrected chi connectivity index (χ0v) is 9.04. The lowest BCUT2D eigenvalue weighted by Gasteiger charge is -2.06. The van der Waals surface area contributed by atoms with Crippen molar-refractivity contribution in [1.29, 1.82) is 0 Å². The van der Waals surface area contributed by atoms with Crippen LogP contribution < -0.4 is 0 Å². The lowest BCUT2D eigenvalue weighted by molar-refractivity contribution is 0.108. The minimum absolute atomic E-state index is 0.188. The van der Waals surface area contributed by atoms with E-state index in [0.717, 1.165) is 11.6 Å². The summed E-state index contributed by atoms with van der Waals surface area (Å²) in [6, 6.07) is 13.3. The maximum atomic E-state index is 13.0. The van der Waals surface area contributed by atoms with Gasteiger partial charge in [-0.15, -0.1) is 0 Å². The van der Waals surface area contributed by atoms with Gasteiger partial charge in [-0.3, -0.25) is 4.79 Å². The quantitative estimate of drug-likeness (QED) is 0.721. The summed E-state index contributed by atoms with van der Waals surface area (Å²) in [5, 5.41) is -0.654. The molecule has 0 fully saturated rings. The minimum atomic E-state index is -0.654. The van der Waals surface area contributed by atoms with Gasteiger partial charge in [-0.2, -0.15) is 0 Å². The third kappa shape index (κ3) is 2.12. The second-order valence-electron chi connectivity index (χ2n) is 3.33. The number of carbonyl (C=O) groups is 1. The van der Waals surface area contributed by atoms with Crippen LogP contribution in [0.3, 0.4) is 0 Å². The number of hydrogen-bond donors (Lipinski definition) is 0. The van der Waals surface area contributed by atoms with E-state index in [4.69, 9.17) is 11.6 Å². The Morgan fingerprint density at radius 3 is 2.38 bits per heavy atom. The van der Waals surface area contributed by atoms with Gasteiger partial charge in [-0.1, -0.05) is 36.4 Å². The zero-order valence-electron chi connectivity index (χ0n) is 8.28. The average molecular weight is 235 g/mol. The number of benzene rings is 2. The topological polar surface area (TPSA) is 17.1 Å². The second-order valence-corrected chi connectivity index (χ2v) is 3.67. The molecular weight excluding hydrogens is 227 g/mol. The van der Waals surface area contributed by atoms with Crippen LogP contribution in [-0.2, 0) is 0 Å². The summed E-state index contributed by atoms with van der Waals surface area (Å²) >= 11 is 5.42. The summed E-state index contributed by atoms with van der Waals surface area (Å²) in [5.41, 5.74) is 1.67. The van der Waals surface area contributed by atoms with Gasteiger partial charge in [0.2, 0.25) is 0 Å². The molecule has 0 aromatic heterocycles. The van der Waals surface area contributed by atoms with Gasteiger partial charge >= 0.3 is 0 Å². The van der Waals surface area contributed by atoms with Gasteiger partial charge in [0.1, 0.15) is 5.82 Å². The van der Waals surface area contributed by atoms with Gasteiger partial charge in [0.05, 0.1) is 0 Å². The number of carbonyl (C=O) groups excluding carboxylic acids is 1. The van der Waals surface area contributed by atoms with E-state index < -0.39 is 11.1 Å². The molecule has 0 aliphatic carbocycles. The predicted molar refractivity (Wildman–Crippen MR) is 62.0 cm³/mol. The van der Waals surface area contributed by atoms with E-state index in [0.29, 0.717) is 5.56 Å². The summed E-state index contributed by atoms with van der Waals surface area (Å²) in [5.74, 6) is -0.469. The normalized spacial score (nSPS) is 10.1. The van der Waals surface area contributed by atoms with Gasteiger partial charge in [0.15, 0.2) is 0 Å². The van der Waals surface area contributed by atoms with Crippen molar-refractivity contribution >= 4 is 16.8 Å². The molecule has 2 aromatic carbocycles. The van der Waals surface area contributed by atoms with Crippen LogP contribution in [0.4, 0.5) is 4.39 Å². The molecule has 2 rings (SSSR count). The Bertz CT molecular complexity index is 523. The highest BCUT2D eigenvalue weighted by atomic mass is 35.5. The van der Waals surface area contributed by atoms with E-state index in [1.165, 1.54) is 6.07 Å². The van der Waals surface area contributed by atoms with E-state index in [2.05, 4.69) is 0 Å². The third-order valence-corrected chi connectivity index (χ3v) is 2.48. The van der Waals surface area contributed by atoms with Crippen molar-refractivity contribution in [2.24, 2.45) is 0 Å². The van der Waals surface area contributed by atoms with Crippen molar-refractivity contribution < 1.29 is 9.18 Å². The summed E-state index contributed by atoms with van der Waals surface area (Å²) in [6.45, 7) is 0. The van der Waals surface area contributed by atoms with E-state index in [9.17, 15) is 9.18 Å². The maximum Gasteiger partial charge on any atom is 0.253 e. The molecule has 0 heterocycles. The van der Waals surface area contributed by atoms with Crippen LogP contribution in [0.15, 0.2) is 48.5 Å². The molecule has 0 aliphatic heterocycles. The number of hydrogen-bond acceptors (Lipinski definition) is 1. The van der Waals surface area contributed by atoms with E-state index in [-0.39, 0.29) is 5.56 Å². The fraction of sp³-hybridized carbons (Fsp3) is 0. The summed E-state index contributed by atoms with van der Waals surface area (Å²) < 4.78 is 13.0. The highest BCUT2D eigenvalue weighted by molar-refractivity contribution is 6.68. The first kappa shape index (κ1) is 10.8. The molecule has 2 aromatic rings. The molecule has 0 bridgehead atoms. The standard InChI is InChI=1S/C13H8ClFO/c14-13(16)12-8-10(15)6-7-11(12)9-4-2-1-3-5-9/h1-8H. The molecule has 80 valence electrons. The monoisotopic (exact) mass is 234 g/mol. The summed E-state index contributed by atoms with van der Waals surface area (Å²) in [6.07, 6.45) is 0. The van der Waals surface area contributed by atoms with Gasteiger partial charge in [0.25, 0.3) is 5.24 Å². The molecule has 3 heteroatoms. The summed E-state index contributed by atoms with van der Waals surface area (Å²) in [4.78, 5) is 11.2. The lowest BCUT2D eigenvalue weighted by atomic mass is 10.0. The molecule has 0 amide bonds. The summed E-state index contributed by atoms with van der Waals surface area (Å²) in [7, 11) is 0. The third-order valence-electron chi connectivity index (χ3n) is 2.28. The van der Waals surface area contributed by atoms with E-state index in [1.807, 2.05) is 30.3 Å². The Morgan fingerprint density at radius 2 is 1.75 bits per heavy atom. The van der Waals surface area contributed by atoms with E-state index in [1.54, 1.807) is 6.07 Å². The first-order chi connectivity index (χ1) is 7.68. The first-order valence-electron chi connectivity index (χ1n) is 4.73. The molecule has 1 nitrogen and oxygen atoms in total. The van der Waals surface area contributed by atoms with Crippen molar-refractivity contribution in [1.82, 2.24) is 0 Å². The van der Waals surface area contributed by atoms with Crippen molar-refractivity contribution in [3.8, 4) is 11.1 Å². The lowest BCUT2D eigenvalue weighted by Crippen LogP contribution is -1.94. The smallest absolute Gasteiger partial charge is 0.253 e. The van der Waals surface area contributed by atoms with Crippen molar-refractivity contribution in [2.75, 3.05) is 0 Å². The van der Waals surface area contributed by atoms with Crippen molar-refractivity contribution in [3.05, 3.63) is 59.9 Å². The molecule has 0 spiro atoms. The van der Waals surface area contributed by atoms with Crippen molar-refractivity contribution in [2.45, 2.75) is 0 Å². The average Bonchev–Trinajstić information content (AvgIpc) is 2.30.